The third-order valence-corrected chi connectivity index (χ3v) is 2.94. The molecular formula is C13H25N3O2. The number of nitrogens with zero attached hydrogens (tertiary/aromatic N) is 3. The minimum absolute atomic E-state index is 0.217. The highest BCUT2D eigenvalue weighted by atomic mass is 16.5. The SMILES string of the molecule is CCCCc1noc(CN(CCCO)C(C)C)n1. The lowest BCUT2D eigenvalue weighted by molar-refractivity contribution is 0.165. The van der Waals surface area contributed by atoms with Crippen LogP contribution in [-0.4, -0.2) is 39.3 Å². The quantitative estimate of drug-likeness (QED) is 0.731. The van der Waals surface area contributed by atoms with Crippen molar-refractivity contribution in [2.75, 3.05) is 13.2 Å². The van der Waals surface area contributed by atoms with Gasteiger partial charge in [0, 0.05) is 25.6 Å². The Bertz CT molecular complexity index is 326. The van der Waals surface area contributed by atoms with Gasteiger partial charge in [-0.3, -0.25) is 4.90 Å². The summed E-state index contributed by atoms with van der Waals surface area (Å²) in [5.41, 5.74) is 0. The molecule has 0 atom stereocenters. The van der Waals surface area contributed by atoms with E-state index in [2.05, 4.69) is 35.8 Å². The van der Waals surface area contributed by atoms with Crippen molar-refractivity contribution in [3.8, 4) is 0 Å². The molecule has 0 radical (unpaired) electrons. The van der Waals surface area contributed by atoms with Crippen molar-refractivity contribution in [2.45, 2.75) is 59.0 Å². The fourth-order valence-electron chi connectivity index (χ4n) is 1.76. The van der Waals surface area contributed by atoms with E-state index in [1.54, 1.807) is 0 Å². The molecule has 0 saturated carbocycles. The summed E-state index contributed by atoms with van der Waals surface area (Å²) in [5.74, 6) is 1.48. The largest absolute Gasteiger partial charge is 0.396 e. The van der Waals surface area contributed by atoms with E-state index in [-0.39, 0.29) is 6.61 Å². The van der Waals surface area contributed by atoms with Gasteiger partial charge in [-0.15, -0.1) is 0 Å². The van der Waals surface area contributed by atoms with Crippen LogP contribution >= 0.6 is 0 Å². The molecule has 0 aliphatic carbocycles. The van der Waals surface area contributed by atoms with Crippen molar-refractivity contribution in [1.82, 2.24) is 15.0 Å². The van der Waals surface area contributed by atoms with E-state index in [0.717, 1.165) is 38.1 Å². The molecule has 5 heteroatoms. The molecule has 0 saturated heterocycles. The molecule has 0 amide bonds. The summed E-state index contributed by atoms with van der Waals surface area (Å²) >= 11 is 0. The minimum Gasteiger partial charge on any atom is -0.396 e. The number of unbranched alkanes of at least 4 members (excludes halogenated alkanes) is 1. The lowest BCUT2D eigenvalue weighted by atomic mass is 10.2. The molecule has 1 aromatic heterocycles. The lowest BCUT2D eigenvalue weighted by Crippen LogP contribution is -2.31. The zero-order valence-electron chi connectivity index (χ0n) is 11.7. The Hall–Kier alpha value is -0.940. The van der Waals surface area contributed by atoms with Crippen molar-refractivity contribution in [3.63, 3.8) is 0 Å². The fourth-order valence-corrected chi connectivity index (χ4v) is 1.76. The number of aliphatic hydroxyl groups is 1. The minimum atomic E-state index is 0.217. The van der Waals surface area contributed by atoms with Crippen LogP contribution in [-0.2, 0) is 13.0 Å². The van der Waals surface area contributed by atoms with Crippen LogP contribution in [0.5, 0.6) is 0 Å². The topological polar surface area (TPSA) is 62.4 Å². The highest BCUT2D eigenvalue weighted by Crippen LogP contribution is 2.08. The van der Waals surface area contributed by atoms with E-state index in [4.69, 9.17) is 9.63 Å². The summed E-state index contributed by atoms with van der Waals surface area (Å²) in [6, 6.07) is 0.405. The summed E-state index contributed by atoms with van der Waals surface area (Å²) in [6.45, 7) is 8.14. The molecule has 0 aliphatic heterocycles. The number of hydrogen-bond acceptors (Lipinski definition) is 5. The molecule has 0 unspecified atom stereocenters. The Kier molecular flexibility index (Phi) is 6.90. The van der Waals surface area contributed by atoms with Gasteiger partial charge in [-0.2, -0.15) is 4.98 Å². The van der Waals surface area contributed by atoms with Crippen molar-refractivity contribution in [1.29, 1.82) is 0 Å². The maximum atomic E-state index is 8.89. The summed E-state index contributed by atoms with van der Waals surface area (Å²) in [6.07, 6.45) is 3.89. The Labute approximate surface area is 109 Å². The molecule has 5 nitrogen and oxygen atoms in total. The van der Waals surface area contributed by atoms with Crippen molar-refractivity contribution in [3.05, 3.63) is 11.7 Å². The fraction of sp³-hybridized carbons (Fsp3) is 0.846. The van der Waals surface area contributed by atoms with Gasteiger partial charge in [-0.05, 0) is 26.7 Å². The van der Waals surface area contributed by atoms with Gasteiger partial charge < -0.3 is 9.63 Å². The Morgan fingerprint density at radius 2 is 2.11 bits per heavy atom. The molecule has 0 aliphatic rings. The van der Waals surface area contributed by atoms with E-state index in [0.29, 0.717) is 18.5 Å². The summed E-state index contributed by atoms with van der Waals surface area (Å²) in [4.78, 5) is 6.63. The maximum absolute atomic E-state index is 8.89. The van der Waals surface area contributed by atoms with Gasteiger partial charge in [0.05, 0.1) is 6.54 Å². The monoisotopic (exact) mass is 255 g/mol. The van der Waals surface area contributed by atoms with E-state index < -0.39 is 0 Å². The van der Waals surface area contributed by atoms with Crippen molar-refractivity contribution < 1.29 is 9.63 Å². The Morgan fingerprint density at radius 1 is 1.33 bits per heavy atom. The van der Waals surface area contributed by atoms with Crippen LogP contribution in [0.3, 0.4) is 0 Å². The number of aromatic nitrogens is 2. The second-order valence-electron chi connectivity index (χ2n) is 4.85. The van der Waals surface area contributed by atoms with Crippen LogP contribution in [0.15, 0.2) is 4.52 Å². The first-order valence-electron chi connectivity index (χ1n) is 6.83. The molecule has 104 valence electrons. The average Bonchev–Trinajstić information content (AvgIpc) is 2.79. The molecule has 1 aromatic rings. The van der Waals surface area contributed by atoms with E-state index in [1.807, 2.05) is 0 Å². The number of aliphatic hydroxyl groups excluding tert-OH is 1. The second kappa shape index (κ2) is 8.21. The zero-order chi connectivity index (χ0) is 13.4. The van der Waals surface area contributed by atoms with Gasteiger partial charge in [0.1, 0.15) is 0 Å². The summed E-state index contributed by atoms with van der Waals surface area (Å²) in [5, 5.41) is 12.9. The number of rotatable bonds is 9. The first-order valence-corrected chi connectivity index (χ1v) is 6.83. The van der Waals surface area contributed by atoms with Crippen LogP contribution in [0, 0.1) is 0 Å². The van der Waals surface area contributed by atoms with Crippen LogP contribution in [0.1, 0.15) is 51.7 Å². The van der Waals surface area contributed by atoms with Crippen molar-refractivity contribution in [2.24, 2.45) is 0 Å². The highest BCUT2D eigenvalue weighted by Gasteiger charge is 2.14. The lowest BCUT2D eigenvalue weighted by Gasteiger charge is -2.24. The molecule has 0 spiro atoms. The van der Waals surface area contributed by atoms with E-state index in [1.165, 1.54) is 0 Å². The van der Waals surface area contributed by atoms with Crippen LogP contribution in [0.4, 0.5) is 0 Å². The predicted molar refractivity (Wildman–Crippen MR) is 70.2 cm³/mol. The number of hydrogen-bond donors (Lipinski definition) is 1. The second-order valence-corrected chi connectivity index (χ2v) is 4.85. The molecule has 0 aromatic carbocycles. The molecule has 18 heavy (non-hydrogen) atoms. The average molecular weight is 255 g/mol. The molecule has 1 N–H and O–H groups in total. The van der Waals surface area contributed by atoms with E-state index >= 15 is 0 Å². The van der Waals surface area contributed by atoms with Gasteiger partial charge in [-0.1, -0.05) is 18.5 Å². The standard InChI is InChI=1S/C13H25N3O2/c1-4-5-7-12-14-13(18-15-12)10-16(11(2)3)8-6-9-17/h11,17H,4-10H2,1-3H3. The number of aryl methyl sites for hydroxylation is 1. The first-order chi connectivity index (χ1) is 8.67. The van der Waals surface area contributed by atoms with Gasteiger partial charge in [0.2, 0.25) is 5.89 Å². The van der Waals surface area contributed by atoms with E-state index in [9.17, 15) is 0 Å². The predicted octanol–water partition coefficient (Wildman–Crippen LogP) is 2.00. The van der Waals surface area contributed by atoms with Crippen molar-refractivity contribution >= 4 is 0 Å². The zero-order valence-corrected chi connectivity index (χ0v) is 11.7. The third kappa shape index (κ3) is 5.14. The molecule has 0 bridgehead atoms. The summed E-state index contributed by atoms with van der Waals surface area (Å²) in [7, 11) is 0. The van der Waals surface area contributed by atoms with Gasteiger partial charge >= 0.3 is 0 Å². The molecule has 1 rings (SSSR count). The normalized spacial score (nSPS) is 11.7. The van der Waals surface area contributed by atoms with Gasteiger partial charge in [0.15, 0.2) is 5.82 Å². The van der Waals surface area contributed by atoms with Gasteiger partial charge in [-0.25, -0.2) is 0 Å². The molecule has 0 fully saturated rings. The maximum Gasteiger partial charge on any atom is 0.240 e. The highest BCUT2D eigenvalue weighted by molar-refractivity contribution is 4.87. The molecule has 1 heterocycles. The van der Waals surface area contributed by atoms with Gasteiger partial charge in [0.25, 0.3) is 0 Å². The summed E-state index contributed by atoms with van der Waals surface area (Å²) < 4.78 is 5.26. The molecular weight excluding hydrogens is 230 g/mol. The third-order valence-electron chi connectivity index (χ3n) is 2.94. The smallest absolute Gasteiger partial charge is 0.240 e. The van der Waals surface area contributed by atoms with Crippen LogP contribution in [0.25, 0.3) is 0 Å². The van der Waals surface area contributed by atoms with Crippen LogP contribution < -0.4 is 0 Å². The Morgan fingerprint density at radius 3 is 2.72 bits per heavy atom. The van der Waals surface area contributed by atoms with Crippen LogP contribution in [0.2, 0.25) is 0 Å². The first kappa shape index (κ1) is 15.1. The Balaban J connectivity index is 2.49.